The van der Waals surface area contributed by atoms with E-state index in [1.165, 1.54) is 32.2 Å². The summed E-state index contributed by atoms with van der Waals surface area (Å²) in [5.41, 5.74) is 0.944. The quantitative estimate of drug-likeness (QED) is 0.728. The third-order valence-corrected chi connectivity index (χ3v) is 5.03. The first-order valence-electron chi connectivity index (χ1n) is 8.55. The number of carbonyl (C=O) groups excluding carboxylic acids is 1. The van der Waals surface area contributed by atoms with Crippen LogP contribution in [0.25, 0.3) is 11.5 Å². The molecule has 3 rings (SSSR count). The summed E-state index contributed by atoms with van der Waals surface area (Å²) in [5.74, 6) is 0.119. The molecule has 5 nitrogen and oxygen atoms in total. The zero-order valence-electron chi connectivity index (χ0n) is 13.9. The number of nitrogens with zero attached hydrogens (tertiary/aromatic N) is 2. The molecule has 1 aliphatic heterocycles. The number of carbonyl (C=O) groups is 1. The summed E-state index contributed by atoms with van der Waals surface area (Å²) in [4.78, 5) is 18.8. The predicted octanol–water partition coefficient (Wildman–Crippen LogP) is 4.25. The van der Waals surface area contributed by atoms with Crippen molar-refractivity contribution >= 4 is 29.1 Å². The number of rotatable bonds is 7. The monoisotopic (exact) mass is 381 g/mol. The van der Waals surface area contributed by atoms with Gasteiger partial charge in [-0.2, -0.15) is 0 Å². The molecule has 7 heteroatoms. The molecule has 1 N–H and O–H groups in total. The Labute approximate surface area is 157 Å². The van der Waals surface area contributed by atoms with Crippen LogP contribution >= 0.6 is 23.2 Å². The maximum Gasteiger partial charge on any atom is 0.273 e. The number of halogens is 2. The number of amides is 1. The van der Waals surface area contributed by atoms with E-state index in [0.717, 1.165) is 19.4 Å². The lowest BCUT2D eigenvalue weighted by Crippen LogP contribution is -2.26. The Hall–Kier alpha value is -1.56. The van der Waals surface area contributed by atoms with E-state index < -0.39 is 0 Å². The molecule has 1 amide bonds. The summed E-state index contributed by atoms with van der Waals surface area (Å²) in [6, 6.07) is 5.08. The minimum atomic E-state index is -0.226. The molecule has 1 aromatic heterocycles. The van der Waals surface area contributed by atoms with E-state index in [1.54, 1.807) is 18.2 Å². The van der Waals surface area contributed by atoms with Gasteiger partial charge in [-0.1, -0.05) is 23.2 Å². The van der Waals surface area contributed by atoms with E-state index in [4.69, 9.17) is 27.6 Å². The van der Waals surface area contributed by atoms with E-state index in [1.807, 2.05) is 0 Å². The second-order valence-electron chi connectivity index (χ2n) is 6.18. The molecule has 2 aromatic rings. The van der Waals surface area contributed by atoms with Crippen molar-refractivity contribution in [3.05, 3.63) is 40.2 Å². The molecule has 1 aliphatic rings. The number of nitrogens with one attached hydrogen (secondary N) is 1. The highest BCUT2D eigenvalue weighted by atomic mass is 35.5. The first kappa shape index (κ1) is 18.2. The number of unbranched alkanes of at least 4 members (excludes halogenated alkanes) is 1. The van der Waals surface area contributed by atoms with E-state index >= 15 is 0 Å². The van der Waals surface area contributed by atoms with Crippen molar-refractivity contribution in [2.24, 2.45) is 0 Å². The molecule has 134 valence electrons. The van der Waals surface area contributed by atoms with Crippen molar-refractivity contribution in [1.29, 1.82) is 0 Å². The van der Waals surface area contributed by atoms with Gasteiger partial charge in [0.2, 0.25) is 5.89 Å². The van der Waals surface area contributed by atoms with Gasteiger partial charge in [-0.3, -0.25) is 4.79 Å². The molecule has 0 aliphatic carbocycles. The highest BCUT2D eigenvalue weighted by Crippen LogP contribution is 2.28. The molecule has 1 aromatic carbocycles. The summed E-state index contributed by atoms with van der Waals surface area (Å²) in [5, 5.41) is 3.76. The van der Waals surface area contributed by atoms with Gasteiger partial charge in [0, 0.05) is 12.1 Å². The maximum absolute atomic E-state index is 12.1. The van der Waals surface area contributed by atoms with Crippen LogP contribution in [0.1, 0.15) is 36.2 Å². The topological polar surface area (TPSA) is 58.4 Å². The van der Waals surface area contributed by atoms with Crippen molar-refractivity contribution in [2.45, 2.75) is 25.7 Å². The Morgan fingerprint density at radius 3 is 2.76 bits per heavy atom. The van der Waals surface area contributed by atoms with E-state index in [0.29, 0.717) is 28.0 Å². The normalized spacial score (nSPS) is 14.8. The molecule has 0 bridgehead atoms. The van der Waals surface area contributed by atoms with Crippen molar-refractivity contribution in [3.8, 4) is 11.5 Å². The minimum Gasteiger partial charge on any atom is -0.444 e. The van der Waals surface area contributed by atoms with Crippen LogP contribution in [0.2, 0.25) is 10.0 Å². The van der Waals surface area contributed by atoms with E-state index in [-0.39, 0.29) is 11.6 Å². The minimum absolute atomic E-state index is 0.226. The number of benzene rings is 1. The van der Waals surface area contributed by atoms with Crippen molar-refractivity contribution in [2.75, 3.05) is 26.2 Å². The number of likely N-dealkylation sites (tertiary alicyclic amines) is 1. The summed E-state index contributed by atoms with van der Waals surface area (Å²) in [6.45, 7) is 4.18. The third kappa shape index (κ3) is 4.97. The molecular weight excluding hydrogens is 361 g/mol. The lowest BCUT2D eigenvalue weighted by atomic mass is 10.2. The van der Waals surface area contributed by atoms with Crippen molar-refractivity contribution in [1.82, 2.24) is 15.2 Å². The van der Waals surface area contributed by atoms with Crippen LogP contribution in [-0.4, -0.2) is 42.0 Å². The summed E-state index contributed by atoms with van der Waals surface area (Å²) in [6.07, 6.45) is 6.03. The highest BCUT2D eigenvalue weighted by Gasteiger charge is 2.14. The maximum atomic E-state index is 12.1. The van der Waals surface area contributed by atoms with Gasteiger partial charge in [-0.05, 0) is 63.5 Å². The van der Waals surface area contributed by atoms with Gasteiger partial charge in [0.15, 0.2) is 5.69 Å². The Kier molecular flexibility index (Phi) is 6.34. The number of hydrogen-bond acceptors (Lipinski definition) is 4. The molecule has 0 saturated carbocycles. The largest absolute Gasteiger partial charge is 0.444 e. The average molecular weight is 382 g/mol. The average Bonchev–Trinajstić information content (AvgIpc) is 3.28. The molecule has 1 fully saturated rings. The van der Waals surface area contributed by atoms with Gasteiger partial charge in [-0.15, -0.1) is 0 Å². The molecular formula is C18H21Cl2N3O2. The lowest BCUT2D eigenvalue weighted by Gasteiger charge is -2.13. The molecule has 0 unspecified atom stereocenters. The second-order valence-corrected chi connectivity index (χ2v) is 6.99. The fraction of sp³-hybridized carbons (Fsp3) is 0.444. The molecule has 0 spiro atoms. The SMILES string of the molecule is O=C(NCCCCN1CCCC1)c1coc(-c2ccc(Cl)c(Cl)c2)n1. The molecule has 1 saturated heterocycles. The smallest absolute Gasteiger partial charge is 0.273 e. The van der Waals surface area contributed by atoms with E-state index in [2.05, 4.69) is 15.2 Å². The van der Waals surface area contributed by atoms with Crippen LogP contribution in [0.3, 0.4) is 0 Å². The van der Waals surface area contributed by atoms with Gasteiger partial charge < -0.3 is 14.6 Å². The Morgan fingerprint density at radius 1 is 1.20 bits per heavy atom. The molecule has 0 atom stereocenters. The lowest BCUT2D eigenvalue weighted by molar-refractivity contribution is 0.0947. The summed E-state index contributed by atoms with van der Waals surface area (Å²) < 4.78 is 5.38. The third-order valence-electron chi connectivity index (χ3n) is 4.29. The first-order chi connectivity index (χ1) is 12.1. The van der Waals surface area contributed by atoms with Crippen molar-refractivity contribution in [3.63, 3.8) is 0 Å². The van der Waals surface area contributed by atoms with Gasteiger partial charge >= 0.3 is 0 Å². The fourth-order valence-corrected chi connectivity index (χ4v) is 3.20. The van der Waals surface area contributed by atoms with Crippen LogP contribution < -0.4 is 5.32 Å². The van der Waals surface area contributed by atoms with Crippen molar-refractivity contribution < 1.29 is 9.21 Å². The molecule has 25 heavy (non-hydrogen) atoms. The summed E-state index contributed by atoms with van der Waals surface area (Å²) >= 11 is 11.9. The fourth-order valence-electron chi connectivity index (χ4n) is 2.90. The van der Waals surface area contributed by atoms with Gasteiger partial charge in [0.25, 0.3) is 5.91 Å². The van der Waals surface area contributed by atoms with E-state index in [9.17, 15) is 4.79 Å². The first-order valence-corrected chi connectivity index (χ1v) is 9.30. The number of oxazole rings is 1. The number of aromatic nitrogens is 1. The van der Waals surface area contributed by atoms with Crippen LogP contribution in [0, 0.1) is 0 Å². The highest BCUT2D eigenvalue weighted by molar-refractivity contribution is 6.42. The zero-order valence-corrected chi connectivity index (χ0v) is 15.4. The van der Waals surface area contributed by atoms with Crippen LogP contribution in [0.5, 0.6) is 0 Å². The van der Waals surface area contributed by atoms with Gasteiger partial charge in [0.1, 0.15) is 6.26 Å². The Bertz CT molecular complexity index is 727. The van der Waals surface area contributed by atoms with Crippen LogP contribution in [0.4, 0.5) is 0 Å². The Balaban J connectivity index is 1.46. The van der Waals surface area contributed by atoms with Crippen LogP contribution in [0.15, 0.2) is 28.9 Å². The Morgan fingerprint density at radius 2 is 2.00 bits per heavy atom. The van der Waals surface area contributed by atoms with Crippen LogP contribution in [-0.2, 0) is 0 Å². The van der Waals surface area contributed by atoms with Gasteiger partial charge in [0.05, 0.1) is 10.0 Å². The summed E-state index contributed by atoms with van der Waals surface area (Å²) in [7, 11) is 0. The second kappa shape index (κ2) is 8.70. The van der Waals surface area contributed by atoms with Gasteiger partial charge in [-0.25, -0.2) is 4.98 Å². The molecule has 0 radical (unpaired) electrons. The number of hydrogen-bond donors (Lipinski definition) is 1. The standard InChI is InChI=1S/C18H21Cl2N3O2/c19-14-6-5-13(11-15(14)20)18-22-16(12-25-18)17(24)21-7-1-2-8-23-9-3-4-10-23/h5-6,11-12H,1-4,7-10H2,(H,21,24). The zero-order chi connectivity index (χ0) is 17.6. The molecule has 2 heterocycles. The predicted molar refractivity (Wildman–Crippen MR) is 99.2 cm³/mol.